The highest BCUT2D eigenvalue weighted by Gasteiger charge is 2.25. The van der Waals surface area contributed by atoms with Gasteiger partial charge in [0.1, 0.15) is 0 Å². The van der Waals surface area contributed by atoms with E-state index in [1.54, 1.807) is 0 Å². The van der Waals surface area contributed by atoms with Crippen molar-refractivity contribution in [1.82, 2.24) is 0 Å². The third kappa shape index (κ3) is 6.86. The zero-order chi connectivity index (χ0) is 24.5. The smallest absolute Gasteiger partial charge is 0.228 e. The summed E-state index contributed by atoms with van der Waals surface area (Å²) in [6.07, 6.45) is 3.58. The first-order valence-corrected chi connectivity index (χ1v) is 11.7. The lowest BCUT2D eigenvalue weighted by Gasteiger charge is -2.23. The Morgan fingerprint density at radius 1 is 0.912 bits per heavy atom. The van der Waals surface area contributed by atoms with Crippen molar-refractivity contribution in [2.45, 2.75) is 45.4 Å². The molecule has 34 heavy (non-hydrogen) atoms. The molecular weight excluding hydrogens is 426 g/mol. The molecule has 0 atom stereocenters. The van der Waals surface area contributed by atoms with Crippen LogP contribution in [0.2, 0.25) is 0 Å². The molecule has 1 fully saturated rings. The lowest BCUT2D eigenvalue weighted by Crippen LogP contribution is -2.21. The van der Waals surface area contributed by atoms with Crippen molar-refractivity contribution in [2.24, 2.45) is 5.92 Å². The fourth-order valence-corrected chi connectivity index (χ4v) is 3.89. The third-order valence-electron chi connectivity index (χ3n) is 6.16. The summed E-state index contributed by atoms with van der Waals surface area (Å²) in [7, 11) is 1.18. The molecule has 2 N–H and O–H groups in total. The number of amides is 1. The van der Waals surface area contributed by atoms with Crippen LogP contribution in [-0.2, 0) is 16.1 Å². The number of carbonyl (C=O) groups excluding carboxylic acids is 2. The van der Waals surface area contributed by atoms with Crippen LogP contribution in [-0.4, -0.2) is 24.1 Å². The lowest BCUT2D eigenvalue weighted by molar-refractivity contribution is -0.214. The lowest BCUT2D eigenvalue weighted by atomic mass is 9.80. The van der Waals surface area contributed by atoms with Crippen LogP contribution in [0.5, 0.6) is 0 Å². The van der Waals surface area contributed by atoms with Crippen LogP contribution in [0.4, 0.5) is 5.69 Å². The number of rotatable bonds is 7. The minimum atomic E-state index is -0.0242. The molecule has 0 radical (unpaired) electrons. The third-order valence-corrected chi connectivity index (χ3v) is 6.16. The number of nitrogens with one attached hydrogen (secondary N) is 1. The molecule has 0 saturated heterocycles. The zero-order valence-electron chi connectivity index (χ0n) is 20.1. The van der Waals surface area contributed by atoms with E-state index in [4.69, 9.17) is 5.26 Å². The second kappa shape index (κ2) is 12.3. The van der Waals surface area contributed by atoms with E-state index >= 15 is 0 Å². The van der Waals surface area contributed by atoms with Gasteiger partial charge in [-0.25, -0.2) is 4.89 Å². The Kier molecular flexibility index (Phi) is 9.14. The van der Waals surface area contributed by atoms with E-state index in [9.17, 15) is 9.59 Å². The summed E-state index contributed by atoms with van der Waals surface area (Å²) in [6.45, 7) is 4.32. The van der Waals surface area contributed by atoms with Crippen LogP contribution in [0.15, 0.2) is 72.8 Å². The first-order chi connectivity index (χ1) is 16.4. The molecule has 1 saturated carbocycles. The summed E-state index contributed by atoms with van der Waals surface area (Å²) in [5.74, 6) is 0.960. The van der Waals surface area contributed by atoms with Gasteiger partial charge in [0.15, 0.2) is 5.78 Å². The Morgan fingerprint density at radius 3 is 1.91 bits per heavy atom. The van der Waals surface area contributed by atoms with Crippen LogP contribution >= 0.6 is 0 Å². The van der Waals surface area contributed by atoms with Gasteiger partial charge in [0, 0.05) is 17.2 Å². The quantitative estimate of drug-likeness (QED) is 0.233. The summed E-state index contributed by atoms with van der Waals surface area (Å²) in [6, 6.07) is 23.9. The molecule has 0 spiro atoms. The topological polar surface area (TPSA) is 75.6 Å². The van der Waals surface area contributed by atoms with Crippen LogP contribution < -0.4 is 5.32 Å². The first-order valence-electron chi connectivity index (χ1n) is 11.7. The molecule has 1 aliphatic rings. The highest BCUT2D eigenvalue weighted by atomic mass is 17.1. The molecule has 3 aromatic rings. The van der Waals surface area contributed by atoms with E-state index in [1.807, 2.05) is 60.7 Å². The Bertz CT molecular complexity index is 1070. The van der Waals surface area contributed by atoms with E-state index in [0.717, 1.165) is 40.8 Å². The predicted molar refractivity (Wildman–Crippen MR) is 136 cm³/mol. The molecule has 3 aromatic carbocycles. The van der Waals surface area contributed by atoms with Crippen molar-refractivity contribution in [1.29, 1.82) is 0 Å². The maximum atomic E-state index is 12.4. The van der Waals surface area contributed by atoms with E-state index in [-0.39, 0.29) is 17.6 Å². The van der Waals surface area contributed by atoms with Crippen LogP contribution in [0, 0.1) is 5.92 Å². The summed E-state index contributed by atoms with van der Waals surface area (Å²) in [5.41, 5.74) is 6.00. The second-order valence-corrected chi connectivity index (χ2v) is 8.95. The van der Waals surface area contributed by atoms with Crippen molar-refractivity contribution in [3.8, 4) is 11.1 Å². The van der Waals surface area contributed by atoms with Crippen molar-refractivity contribution in [2.75, 3.05) is 12.4 Å². The largest absolute Gasteiger partial charge is 0.326 e. The zero-order valence-corrected chi connectivity index (χ0v) is 20.1. The normalized spacial score (nSPS) is 13.0. The molecule has 178 valence electrons. The van der Waals surface area contributed by atoms with Gasteiger partial charge in [0.25, 0.3) is 0 Å². The molecule has 5 nitrogen and oxygen atoms in total. The van der Waals surface area contributed by atoms with E-state index < -0.39 is 0 Å². The van der Waals surface area contributed by atoms with Crippen LogP contribution in [0.3, 0.4) is 0 Å². The number of hydrogen-bond acceptors (Lipinski definition) is 4. The fourth-order valence-electron chi connectivity index (χ4n) is 3.89. The predicted octanol–water partition coefficient (Wildman–Crippen LogP) is 6.75. The summed E-state index contributed by atoms with van der Waals surface area (Å²) < 4.78 is 0. The Labute approximate surface area is 201 Å². The number of Topliss-reactive ketones (excluding diaryl/α,β-unsaturated/α-hetero) is 1. The maximum absolute atomic E-state index is 12.4. The number of anilines is 1. The molecule has 0 aromatic heterocycles. The number of ketones is 1. The molecule has 1 amide bonds. The molecule has 5 heteroatoms. The number of hydrogen-bond donors (Lipinski definition) is 2. The summed E-state index contributed by atoms with van der Waals surface area (Å²) in [5, 5.41) is 10.0. The minimum Gasteiger partial charge on any atom is -0.326 e. The molecule has 0 aliphatic heterocycles. The fraction of sp³-hybridized carbons (Fsp3) is 0.310. The SMILES string of the molecule is CC(C)c1ccc(CC(=O)Nc2ccc(-c3ccc(C(=O)C4CCC4)cc3)cc2)cc1.COO. The van der Waals surface area contributed by atoms with Crippen molar-refractivity contribution in [3.05, 3.63) is 89.5 Å². The first kappa shape index (κ1) is 25.3. The maximum Gasteiger partial charge on any atom is 0.228 e. The molecule has 0 heterocycles. The molecule has 4 rings (SSSR count). The number of carbonyl (C=O) groups is 2. The molecular formula is C29H33NO4. The van der Waals surface area contributed by atoms with Gasteiger partial charge < -0.3 is 5.32 Å². The van der Waals surface area contributed by atoms with Crippen molar-refractivity contribution in [3.63, 3.8) is 0 Å². The highest BCUT2D eigenvalue weighted by molar-refractivity contribution is 5.98. The van der Waals surface area contributed by atoms with E-state index in [2.05, 4.69) is 36.2 Å². The Balaban J connectivity index is 0.00000103. The van der Waals surface area contributed by atoms with Gasteiger partial charge in [-0.2, -0.15) is 0 Å². The summed E-state index contributed by atoms with van der Waals surface area (Å²) in [4.78, 5) is 28.0. The monoisotopic (exact) mass is 459 g/mol. The van der Waals surface area contributed by atoms with E-state index in [0.29, 0.717) is 12.3 Å². The van der Waals surface area contributed by atoms with Gasteiger partial charge in [0.2, 0.25) is 5.91 Å². The van der Waals surface area contributed by atoms with Crippen LogP contribution in [0.1, 0.15) is 60.5 Å². The molecule has 0 unspecified atom stereocenters. The minimum absolute atomic E-state index is 0.0242. The second-order valence-electron chi connectivity index (χ2n) is 8.95. The van der Waals surface area contributed by atoms with Gasteiger partial charge in [-0.05, 0) is 53.1 Å². The average molecular weight is 460 g/mol. The van der Waals surface area contributed by atoms with Gasteiger partial charge >= 0.3 is 0 Å². The number of benzene rings is 3. The Hall–Kier alpha value is -3.28. The van der Waals surface area contributed by atoms with Gasteiger partial charge in [0.05, 0.1) is 13.5 Å². The average Bonchev–Trinajstić information content (AvgIpc) is 2.79. The van der Waals surface area contributed by atoms with Gasteiger partial charge in [-0.1, -0.05) is 80.9 Å². The van der Waals surface area contributed by atoms with Gasteiger partial charge in [-0.15, -0.1) is 0 Å². The van der Waals surface area contributed by atoms with Crippen LogP contribution in [0.25, 0.3) is 11.1 Å². The standard InChI is InChI=1S/C28H29NO2.CH4O2/c1-19(2)21-8-6-20(7-9-21)18-27(30)29-26-16-14-23(15-17-26)22-10-12-25(13-11-22)28(31)24-4-3-5-24;1-3-2/h6-17,19,24H,3-5,18H2,1-2H3,(H,29,30);2H,1H3. The Morgan fingerprint density at radius 2 is 1.44 bits per heavy atom. The highest BCUT2D eigenvalue weighted by Crippen LogP contribution is 2.30. The summed E-state index contributed by atoms with van der Waals surface area (Å²) >= 11 is 0. The van der Waals surface area contributed by atoms with Crippen molar-refractivity contribution >= 4 is 17.4 Å². The van der Waals surface area contributed by atoms with Crippen molar-refractivity contribution < 1.29 is 19.7 Å². The van der Waals surface area contributed by atoms with E-state index in [1.165, 1.54) is 19.1 Å². The molecule has 1 aliphatic carbocycles. The van der Waals surface area contributed by atoms with Gasteiger partial charge in [-0.3, -0.25) is 14.8 Å². The molecule has 0 bridgehead atoms.